The molecule has 3 fully saturated rings. The van der Waals surface area contributed by atoms with E-state index in [2.05, 4.69) is 44.7 Å². The smallest absolute Gasteiger partial charge is 0.335 e. The van der Waals surface area contributed by atoms with Crippen LogP contribution in [0.15, 0.2) is 42.5 Å². The van der Waals surface area contributed by atoms with Gasteiger partial charge in [0.15, 0.2) is 0 Å². The highest BCUT2D eigenvalue weighted by molar-refractivity contribution is 5.99. The van der Waals surface area contributed by atoms with E-state index in [9.17, 15) is 9.90 Å². The van der Waals surface area contributed by atoms with Crippen molar-refractivity contribution in [2.45, 2.75) is 76.7 Å². The number of aromatic nitrogens is 1. The summed E-state index contributed by atoms with van der Waals surface area (Å²) in [5.74, 6) is 1.59. The number of likely N-dealkylation sites (tertiary alicyclic amines) is 1. The molecule has 3 aromatic rings. The number of fused-ring (bicyclic) bond motifs is 6. The van der Waals surface area contributed by atoms with Gasteiger partial charge in [-0.15, -0.1) is 0 Å². The van der Waals surface area contributed by atoms with Crippen LogP contribution in [0.25, 0.3) is 22.2 Å². The maximum absolute atomic E-state index is 11.9. The summed E-state index contributed by atoms with van der Waals surface area (Å²) in [6, 6.07) is 14.9. The van der Waals surface area contributed by atoms with Gasteiger partial charge in [0.05, 0.1) is 11.3 Å². The van der Waals surface area contributed by atoms with Crippen molar-refractivity contribution in [2.24, 2.45) is 11.8 Å². The van der Waals surface area contributed by atoms with Crippen LogP contribution in [-0.4, -0.2) is 53.3 Å². The molecule has 1 saturated heterocycles. The fraction of sp³-hybridized carbons (Fsp3) is 0.559. The summed E-state index contributed by atoms with van der Waals surface area (Å²) < 4.78 is 2.47. The van der Waals surface area contributed by atoms with Crippen LogP contribution in [0.3, 0.4) is 0 Å². The molecule has 4 aliphatic rings. The first-order valence-electron chi connectivity index (χ1n) is 15.6. The SMILES string of the molecule is O=C(O)c1ccc2c(C3CCCCC3)c3n(c2c1)CCN(CCN1CCC2CCCCC2C1)c1ccccc1-3. The van der Waals surface area contributed by atoms with E-state index in [4.69, 9.17) is 0 Å². The van der Waals surface area contributed by atoms with Crippen LogP contribution in [0, 0.1) is 11.8 Å². The average molecular weight is 526 g/mol. The Kier molecular flexibility index (Phi) is 6.88. The molecule has 2 aromatic carbocycles. The molecule has 0 bridgehead atoms. The van der Waals surface area contributed by atoms with E-state index in [1.165, 1.54) is 105 Å². The van der Waals surface area contributed by atoms with Crippen molar-refractivity contribution in [1.82, 2.24) is 9.47 Å². The van der Waals surface area contributed by atoms with Gasteiger partial charge in [-0.2, -0.15) is 0 Å². The van der Waals surface area contributed by atoms with Gasteiger partial charge in [-0.3, -0.25) is 0 Å². The third-order valence-corrected chi connectivity index (χ3v) is 10.5. The van der Waals surface area contributed by atoms with Crippen LogP contribution >= 0.6 is 0 Å². The van der Waals surface area contributed by atoms with Gasteiger partial charge in [0.25, 0.3) is 0 Å². The maximum atomic E-state index is 11.9. The topological polar surface area (TPSA) is 48.7 Å². The highest BCUT2D eigenvalue weighted by Crippen LogP contribution is 2.47. The Morgan fingerprint density at radius 1 is 0.821 bits per heavy atom. The second kappa shape index (κ2) is 10.6. The molecule has 1 N–H and O–H groups in total. The number of hydrogen-bond donors (Lipinski definition) is 1. The van der Waals surface area contributed by atoms with Crippen molar-refractivity contribution in [3.63, 3.8) is 0 Å². The minimum absolute atomic E-state index is 0.387. The van der Waals surface area contributed by atoms with Gasteiger partial charge in [-0.25, -0.2) is 4.79 Å². The number of anilines is 1. The zero-order chi connectivity index (χ0) is 26.3. The molecule has 2 aliphatic carbocycles. The Morgan fingerprint density at radius 3 is 2.46 bits per heavy atom. The monoisotopic (exact) mass is 525 g/mol. The van der Waals surface area contributed by atoms with E-state index in [1.807, 2.05) is 12.1 Å². The summed E-state index contributed by atoms with van der Waals surface area (Å²) in [5.41, 5.74) is 6.98. The molecule has 2 atom stereocenters. The first-order chi connectivity index (χ1) is 19.2. The molecule has 0 radical (unpaired) electrons. The van der Waals surface area contributed by atoms with Gasteiger partial charge in [-0.1, -0.05) is 62.8 Å². The molecule has 5 nitrogen and oxygen atoms in total. The molecule has 39 heavy (non-hydrogen) atoms. The molecular formula is C34H43N3O2. The highest BCUT2D eigenvalue weighted by Gasteiger charge is 2.33. The molecule has 0 spiro atoms. The van der Waals surface area contributed by atoms with Crippen molar-refractivity contribution >= 4 is 22.6 Å². The van der Waals surface area contributed by atoms with Crippen LogP contribution < -0.4 is 4.90 Å². The van der Waals surface area contributed by atoms with Gasteiger partial charge < -0.3 is 19.5 Å². The van der Waals surface area contributed by atoms with Crippen molar-refractivity contribution in [2.75, 3.05) is 37.6 Å². The summed E-state index contributed by atoms with van der Waals surface area (Å²) in [4.78, 5) is 17.3. The number of carboxylic acids is 1. The summed E-state index contributed by atoms with van der Waals surface area (Å²) in [7, 11) is 0. The lowest BCUT2D eigenvalue weighted by molar-refractivity contribution is 0.0697. The fourth-order valence-electron chi connectivity index (χ4n) is 8.50. The third kappa shape index (κ3) is 4.67. The van der Waals surface area contributed by atoms with Crippen LogP contribution in [0.4, 0.5) is 5.69 Å². The number of piperidine rings is 1. The normalized spacial score (nSPS) is 24.2. The largest absolute Gasteiger partial charge is 0.478 e. The number of para-hydroxylation sites is 1. The van der Waals surface area contributed by atoms with Crippen molar-refractivity contribution in [3.05, 3.63) is 53.6 Å². The van der Waals surface area contributed by atoms with Crippen molar-refractivity contribution < 1.29 is 9.90 Å². The van der Waals surface area contributed by atoms with Crippen LogP contribution in [0.5, 0.6) is 0 Å². The molecule has 206 valence electrons. The van der Waals surface area contributed by atoms with Crippen molar-refractivity contribution in [3.8, 4) is 11.3 Å². The molecule has 2 aliphatic heterocycles. The zero-order valence-electron chi connectivity index (χ0n) is 23.3. The molecule has 7 rings (SSSR count). The molecular weight excluding hydrogens is 482 g/mol. The molecule has 3 heterocycles. The Labute approximate surface area is 232 Å². The van der Waals surface area contributed by atoms with Gasteiger partial charge >= 0.3 is 5.97 Å². The predicted molar refractivity (Wildman–Crippen MR) is 159 cm³/mol. The lowest BCUT2D eigenvalue weighted by Crippen LogP contribution is -2.45. The van der Waals surface area contributed by atoms with E-state index in [-0.39, 0.29) is 0 Å². The number of carboxylic acid groups (broad SMARTS) is 1. The van der Waals surface area contributed by atoms with E-state index < -0.39 is 5.97 Å². The first kappa shape index (κ1) is 25.2. The van der Waals surface area contributed by atoms with E-state index in [1.54, 1.807) is 0 Å². The number of rotatable bonds is 5. The molecule has 2 saturated carbocycles. The molecule has 1 aromatic heterocycles. The van der Waals surface area contributed by atoms with Gasteiger partial charge in [0, 0.05) is 54.9 Å². The number of benzene rings is 2. The summed E-state index contributed by atoms with van der Waals surface area (Å²) in [5, 5.41) is 11.1. The molecule has 2 unspecified atom stereocenters. The maximum Gasteiger partial charge on any atom is 0.335 e. The van der Waals surface area contributed by atoms with E-state index in [0.717, 1.165) is 43.5 Å². The second-order valence-electron chi connectivity index (χ2n) is 12.7. The van der Waals surface area contributed by atoms with Gasteiger partial charge in [-0.05, 0) is 73.7 Å². The van der Waals surface area contributed by atoms with Crippen LogP contribution in [0.2, 0.25) is 0 Å². The predicted octanol–water partition coefficient (Wildman–Crippen LogP) is 7.39. The first-order valence-corrected chi connectivity index (χ1v) is 15.6. The lowest BCUT2D eigenvalue weighted by Gasteiger charge is -2.42. The second-order valence-corrected chi connectivity index (χ2v) is 12.7. The number of aromatic carboxylic acids is 1. The quantitative estimate of drug-likeness (QED) is 0.377. The minimum atomic E-state index is -0.843. The number of nitrogens with zero attached hydrogens (tertiary/aromatic N) is 3. The Bertz CT molecular complexity index is 1350. The summed E-state index contributed by atoms with van der Waals surface area (Å²) >= 11 is 0. The summed E-state index contributed by atoms with van der Waals surface area (Å²) in [6.45, 7) is 6.57. The zero-order valence-corrected chi connectivity index (χ0v) is 23.3. The Morgan fingerprint density at radius 2 is 1.62 bits per heavy atom. The average Bonchev–Trinajstić information content (AvgIpc) is 3.21. The van der Waals surface area contributed by atoms with Crippen molar-refractivity contribution in [1.29, 1.82) is 0 Å². The minimum Gasteiger partial charge on any atom is -0.478 e. The van der Waals surface area contributed by atoms with E-state index >= 15 is 0 Å². The fourth-order valence-corrected chi connectivity index (χ4v) is 8.50. The number of hydrogen-bond acceptors (Lipinski definition) is 3. The summed E-state index contributed by atoms with van der Waals surface area (Å²) in [6.07, 6.45) is 13.5. The highest BCUT2D eigenvalue weighted by atomic mass is 16.4. The van der Waals surface area contributed by atoms with Gasteiger partial charge in [0.1, 0.15) is 0 Å². The van der Waals surface area contributed by atoms with E-state index in [0.29, 0.717) is 11.5 Å². The Hall–Kier alpha value is -2.79. The Balaban J connectivity index is 1.24. The lowest BCUT2D eigenvalue weighted by atomic mass is 9.75. The standard InChI is InChI=1S/C34H43N3O2/c38-34(39)26-14-15-28-31(22-26)37-21-20-36(19-18-35-17-16-24-8-4-5-11-27(24)23-35)30-13-7-6-12-29(30)33(37)32(28)25-9-2-1-3-10-25/h6-7,12-15,22,24-25,27H,1-5,8-11,16-21,23H2,(H,38,39). The molecule has 5 heteroatoms. The third-order valence-electron chi connectivity index (χ3n) is 10.5. The van der Waals surface area contributed by atoms with Crippen LogP contribution in [-0.2, 0) is 6.54 Å². The molecule has 0 amide bonds. The van der Waals surface area contributed by atoms with Crippen LogP contribution in [0.1, 0.15) is 86.0 Å². The van der Waals surface area contributed by atoms with Gasteiger partial charge in [0.2, 0.25) is 0 Å². The number of carbonyl (C=O) groups is 1.